The number of carbonyl (C=O) groups excluding carboxylic acids is 1. The normalized spacial score (nSPS) is 10.5. The van der Waals surface area contributed by atoms with Gasteiger partial charge in [0.15, 0.2) is 6.61 Å². The van der Waals surface area contributed by atoms with E-state index in [2.05, 4.69) is 19.2 Å². The highest BCUT2D eigenvalue weighted by molar-refractivity contribution is 5.77. The number of hydrogen-bond acceptors (Lipinski definition) is 3. The highest BCUT2D eigenvalue weighted by Gasteiger charge is 2.06. The van der Waals surface area contributed by atoms with Crippen LogP contribution in [0, 0.1) is 5.92 Å². The van der Waals surface area contributed by atoms with Crippen molar-refractivity contribution < 1.29 is 9.53 Å². The lowest BCUT2D eigenvalue weighted by Crippen LogP contribution is -2.30. The predicted octanol–water partition coefficient (Wildman–Crippen LogP) is 1.73. The van der Waals surface area contributed by atoms with Gasteiger partial charge in [0.2, 0.25) is 0 Å². The van der Waals surface area contributed by atoms with Gasteiger partial charge in [-0.1, -0.05) is 32.0 Å². The van der Waals surface area contributed by atoms with Crippen LogP contribution in [0.5, 0.6) is 5.75 Å². The van der Waals surface area contributed by atoms with E-state index >= 15 is 0 Å². The number of carbonyl (C=O) groups is 1. The summed E-state index contributed by atoms with van der Waals surface area (Å²) in [6.07, 6.45) is 1.74. The van der Waals surface area contributed by atoms with Crippen molar-refractivity contribution in [3.05, 3.63) is 29.8 Å². The van der Waals surface area contributed by atoms with Gasteiger partial charge < -0.3 is 15.8 Å². The van der Waals surface area contributed by atoms with Gasteiger partial charge in [0.05, 0.1) is 0 Å². The number of rotatable bonds is 8. The lowest BCUT2D eigenvalue weighted by Gasteiger charge is -2.11. The van der Waals surface area contributed by atoms with E-state index in [1.165, 1.54) is 0 Å². The number of nitrogens with two attached hydrogens (primary N) is 1. The summed E-state index contributed by atoms with van der Waals surface area (Å²) in [6, 6.07) is 7.68. The highest BCUT2D eigenvalue weighted by atomic mass is 16.5. The molecule has 0 aliphatic heterocycles. The minimum atomic E-state index is -0.0804. The number of amides is 1. The van der Waals surface area contributed by atoms with E-state index in [-0.39, 0.29) is 12.5 Å². The molecule has 0 unspecified atom stereocenters. The monoisotopic (exact) mass is 264 g/mol. The standard InChI is InChI=1S/C15H24N2O2/c1-12(2)8-10-17-15(18)11-19-14-6-4-3-5-13(14)7-9-16/h3-6,12H,7-11,16H2,1-2H3,(H,17,18). The molecule has 4 heteroatoms. The largest absolute Gasteiger partial charge is 0.483 e. The minimum absolute atomic E-state index is 0.0552. The fraction of sp³-hybridized carbons (Fsp3) is 0.533. The van der Waals surface area contributed by atoms with Gasteiger partial charge in [-0.3, -0.25) is 4.79 Å². The molecule has 3 N–H and O–H groups in total. The average molecular weight is 264 g/mol. The molecule has 19 heavy (non-hydrogen) atoms. The van der Waals surface area contributed by atoms with Gasteiger partial charge in [-0.15, -0.1) is 0 Å². The second-order valence-corrected chi connectivity index (χ2v) is 4.97. The first-order valence-corrected chi connectivity index (χ1v) is 6.81. The first-order chi connectivity index (χ1) is 9.13. The lowest BCUT2D eigenvalue weighted by molar-refractivity contribution is -0.123. The summed E-state index contributed by atoms with van der Waals surface area (Å²) >= 11 is 0. The molecule has 0 atom stereocenters. The van der Waals surface area contributed by atoms with Crippen molar-refractivity contribution in [1.29, 1.82) is 0 Å². The molecule has 0 aromatic heterocycles. The quantitative estimate of drug-likeness (QED) is 0.751. The van der Waals surface area contributed by atoms with Gasteiger partial charge in [0.1, 0.15) is 5.75 Å². The molecule has 4 nitrogen and oxygen atoms in total. The van der Waals surface area contributed by atoms with Gasteiger partial charge in [-0.2, -0.15) is 0 Å². The van der Waals surface area contributed by atoms with Crippen molar-refractivity contribution in [3.8, 4) is 5.75 Å². The van der Waals surface area contributed by atoms with Gasteiger partial charge in [0, 0.05) is 6.54 Å². The van der Waals surface area contributed by atoms with Crippen molar-refractivity contribution in [1.82, 2.24) is 5.32 Å². The van der Waals surface area contributed by atoms with E-state index in [4.69, 9.17) is 10.5 Å². The molecule has 0 heterocycles. The van der Waals surface area contributed by atoms with Crippen LogP contribution in [-0.2, 0) is 11.2 Å². The Hall–Kier alpha value is -1.55. The Morgan fingerprint density at radius 1 is 1.37 bits per heavy atom. The van der Waals surface area contributed by atoms with E-state index in [0.717, 1.165) is 24.2 Å². The van der Waals surface area contributed by atoms with Crippen LogP contribution in [0.3, 0.4) is 0 Å². The molecule has 1 aromatic carbocycles. The van der Waals surface area contributed by atoms with Crippen molar-refractivity contribution in [2.75, 3.05) is 19.7 Å². The number of para-hydroxylation sites is 1. The topological polar surface area (TPSA) is 64.3 Å². The predicted molar refractivity (Wildman–Crippen MR) is 77.2 cm³/mol. The molecule has 0 aliphatic rings. The van der Waals surface area contributed by atoms with Gasteiger partial charge in [0.25, 0.3) is 5.91 Å². The summed E-state index contributed by atoms with van der Waals surface area (Å²) < 4.78 is 5.54. The Labute approximate surface area is 115 Å². The summed E-state index contributed by atoms with van der Waals surface area (Å²) in [6.45, 7) is 5.59. The van der Waals surface area contributed by atoms with Crippen LogP contribution in [0.4, 0.5) is 0 Å². The molecule has 0 radical (unpaired) electrons. The second-order valence-electron chi connectivity index (χ2n) is 4.97. The number of benzene rings is 1. The molecule has 1 rings (SSSR count). The first kappa shape index (κ1) is 15.5. The summed E-state index contributed by atoms with van der Waals surface area (Å²) in [5.74, 6) is 1.25. The number of nitrogens with one attached hydrogen (secondary N) is 1. The Morgan fingerprint density at radius 2 is 2.11 bits per heavy atom. The third kappa shape index (κ3) is 6.25. The summed E-state index contributed by atoms with van der Waals surface area (Å²) in [5.41, 5.74) is 6.59. The molecule has 0 saturated heterocycles. The van der Waals surface area contributed by atoms with Gasteiger partial charge in [-0.25, -0.2) is 0 Å². The van der Waals surface area contributed by atoms with Crippen molar-refractivity contribution in [2.24, 2.45) is 11.7 Å². The number of hydrogen-bond donors (Lipinski definition) is 2. The van der Waals surface area contributed by atoms with Crippen LogP contribution < -0.4 is 15.8 Å². The molecule has 0 aliphatic carbocycles. The van der Waals surface area contributed by atoms with Crippen LogP contribution in [0.15, 0.2) is 24.3 Å². The minimum Gasteiger partial charge on any atom is -0.483 e. The summed E-state index contributed by atoms with van der Waals surface area (Å²) in [5, 5.41) is 2.85. The lowest BCUT2D eigenvalue weighted by atomic mass is 10.1. The summed E-state index contributed by atoms with van der Waals surface area (Å²) in [4.78, 5) is 11.6. The van der Waals surface area contributed by atoms with Gasteiger partial charge in [-0.05, 0) is 36.9 Å². The van der Waals surface area contributed by atoms with E-state index in [0.29, 0.717) is 19.0 Å². The SMILES string of the molecule is CC(C)CCNC(=O)COc1ccccc1CCN. The second kappa shape index (κ2) is 8.53. The Balaban J connectivity index is 2.37. The molecule has 1 amide bonds. The third-order valence-corrected chi connectivity index (χ3v) is 2.79. The maximum absolute atomic E-state index is 11.6. The average Bonchev–Trinajstić information content (AvgIpc) is 2.37. The molecular formula is C15H24N2O2. The molecule has 0 spiro atoms. The van der Waals surface area contributed by atoms with E-state index in [1.54, 1.807) is 0 Å². The van der Waals surface area contributed by atoms with Crippen molar-refractivity contribution in [3.63, 3.8) is 0 Å². The van der Waals surface area contributed by atoms with Crippen LogP contribution in [0.1, 0.15) is 25.8 Å². The van der Waals surface area contributed by atoms with E-state index in [1.807, 2.05) is 24.3 Å². The van der Waals surface area contributed by atoms with Crippen LogP contribution >= 0.6 is 0 Å². The fourth-order valence-corrected chi connectivity index (χ4v) is 1.70. The van der Waals surface area contributed by atoms with Crippen molar-refractivity contribution in [2.45, 2.75) is 26.7 Å². The summed E-state index contributed by atoms with van der Waals surface area (Å²) in [7, 11) is 0. The molecule has 0 bridgehead atoms. The first-order valence-electron chi connectivity index (χ1n) is 6.81. The molecule has 0 saturated carbocycles. The Kier molecular flexibility index (Phi) is 6.97. The van der Waals surface area contributed by atoms with Crippen molar-refractivity contribution >= 4 is 5.91 Å². The van der Waals surface area contributed by atoms with Crippen LogP contribution in [0.2, 0.25) is 0 Å². The Morgan fingerprint density at radius 3 is 2.79 bits per heavy atom. The zero-order valence-corrected chi connectivity index (χ0v) is 11.8. The maximum Gasteiger partial charge on any atom is 0.257 e. The van der Waals surface area contributed by atoms with Crippen LogP contribution in [0.25, 0.3) is 0 Å². The van der Waals surface area contributed by atoms with Gasteiger partial charge >= 0.3 is 0 Å². The zero-order chi connectivity index (χ0) is 14.1. The Bertz CT molecular complexity index is 391. The smallest absolute Gasteiger partial charge is 0.257 e. The van der Waals surface area contributed by atoms with E-state index in [9.17, 15) is 4.79 Å². The maximum atomic E-state index is 11.6. The molecule has 1 aromatic rings. The van der Waals surface area contributed by atoms with E-state index < -0.39 is 0 Å². The highest BCUT2D eigenvalue weighted by Crippen LogP contribution is 2.17. The zero-order valence-electron chi connectivity index (χ0n) is 11.8. The van der Waals surface area contributed by atoms with Crippen LogP contribution in [-0.4, -0.2) is 25.6 Å². The molecular weight excluding hydrogens is 240 g/mol. The molecule has 0 fully saturated rings. The molecule has 106 valence electrons. The fourth-order valence-electron chi connectivity index (χ4n) is 1.70. The number of ether oxygens (including phenoxy) is 1. The third-order valence-electron chi connectivity index (χ3n) is 2.79.